The molecule has 31 heavy (non-hydrogen) atoms. The Kier molecular flexibility index (Phi) is 6.06. The number of aryl methyl sites for hydroxylation is 1. The maximum absolute atomic E-state index is 13.0. The first-order valence-corrected chi connectivity index (χ1v) is 11.7. The van der Waals surface area contributed by atoms with E-state index in [1.165, 1.54) is 4.31 Å². The fraction of sp³-hybridized carbons (Fsp3) is 0.409. The summed E-state index contributed by atoms with van der Waals surface area (Å²) in [6, 6.07) is 10.1. The molecule has 9 heteroatoms. The third-order valence-corrected chi connectivity index (χ3v) is 7.53. The topological polar surface area (TPSA) is 94.2 Å². The molecule has 1 saturated heterocycles. The minimum Gasteiger partial charge on any atom is -0.496 e. The highest BCUT2D eigenvalue weighted by Crippen LogP contribution is 2.33. The fourth-order valence-corrected chi connectivity index (χ4v) is 5.44. The Morgan fingerprint density at radius 3 is 2.45 bits per heavy atom. The summed E-state index contributed by atoms with van der Waals surface area (Å²) in [4.78, 5) is 13.0. The molecule has 1 fully saturated rings. The van der Waals surface area contributed by atoms with Gasteiger partial charge in [-0.25, -0.2) is 8.42 Å². The SMILES string of the molecule is COc1ccc(S(=O)(=O)N2CCC(C(=O)Nc3ccc4c(c3)OCCO4)CC2)cc1C. The zero-order chi connectivity index (χ0) is 22.0. The number of ether oxygens (including phenoxy) is 3. The minimum atomic E-state index is -3.61. The van der Waals surface area contributed by atoms with Crippen LogP contribution in [0.25, 0.3) is 0 Å². The van der Waals surface area contributed by atoms with Crippen LogP contribution in [0.1, 0.15) is 18.4 Å². The van der Waals surface area contributed by atoms with Crippen molar-refractivity contribution in [3.63, 3.8) is 0 Å². The van der Waals surface area contributed by atoms with E-state index in [-0.39, 0.29) is 16.7 Å². The molecule has 0 aromatic heterocycles. The molecule has 2 aliphatic heterocycles. The number of piperidine rings is 1. The average Bonchev–Trinajstić information content (AvgIpc) is 2.79. The van der Waals surface area contributed by atoms with E-state index in [1.807, 2.05) is 6.92 Å². The number of hydrogen-bond acceptors (Lipinski definition) is 6. The maximum atomic E-state index is 13.0. The summed E-state index contributed by atoms with van der Waals surface area (Å²) in [5, 5.41) is 2.91. The van der Waals surface area contributed by atoms with Gasteiger partial charge in [-0.05, 0) is 55.7 Å². The molecule has 0 saturated carbocycles. The molecule has 8 nitrogen and oxygen atoms in total. The first-order valence-electron chi connectivity index (χ1n) is 10.2. The quantitative estimate of drug-likeness (QED) is 0.759. The number of rotatable bonds is 5. The largest absolute Gasteiger partial charge is 0.496 e. The summed E-state index contributed by atoms with van der Waals surface area (Å²) in [6.07, 6.45) is 0.926. The Labute approximate surface area is 182 Å². The van der Waals surface area contributed by atoms with Gasteiger partial charge in [-0.1, -0.05) is 0 Å². The summed E-state index contributed by atoms with van der Waals surface area (Å²) >= 11 is 0. The Hall–Kier alpha value is -2.78. The summed E-state index contributed by atoms with van der Waals surface area (Å²) in [5.41, 5.74) is 1.40. The summed E-state index contributed by atoms with van der Waals surface area (Å²) in [7, 11) is -2.06. The number of sulfonamides is 1. The Balaban J connectivity index is 1.38. The van der Waals surface area contributed by atoms with Crippen molar-refractivity contribution in [3.8, 4) is 17.2 Å². The molecule has 2 aliphatic rings. The number of nitrogens with zero attached hydrogens (tertiary/aromatic N) is 1. The molecule has 0 atom stereocenters. The molecule has 4 rings (SSSR count). The molecule has 0 spiro atoms. The number of methoxy groups -OCH3 is 1. The van der Waals surface area contributed by atoms with E-state index in [0.29, 0.717) is 62.1 Å². The molecular formula is C22H26N2O6S. The molecule has 0 radical (unpaired) electrons. The lowest BCUT2D eigenvalue weighted by Crippen LogP contribution is -2.41. The van der Waals surface area contributed by atoms with Gasteiger partial charge in [0.1, 0.15) is 19.0 Å². The summed E-state index contributed by atoms with van der Waals surface area (Å²) in [5.74, 6) is 1.55. The number of benzene rings is 2. The van der Waals surface area contributed by atoms with Crippen LogP contribution in [0.4, 0.5) is 5.69 Å². The van der Waals surface area contributed by atoms with E-state index in [4.69, 9.17) is 14.2 Å². The van der Waals surface area contributed by atoms with Crippen molar-refractivity contribution < 1.29 is 27.4 Å². The fourth-order valence-electron chi connectivity index (χ4n) is 3.88. The van der Waals surface area contributed by atoms with Gasteiger partial charge >= 0.3 is 0 Å². The molecule has 1 amide bonds. The Morgan fingerprint density at radius 2 is 1.77 bits per heavy atom. The van der Waals surface area contributed by atoms with E-state index in [2.05, 4.69) is 5.32 Å². The highest BCUT2D eigenvalue weighted by molar-refractivity contribution is 7.89. The van der Waals surface area contributed by atoms with Crippen molar-refractivity contribution in [1.82, 2.24) is 4.31 Å². The van der Waals surface area contributed by atoms with Crippen LogP contribution in [0, 0.1) is 12.8 Å². The zero-order valence-electron chi connectivity index (χ0n) is 17.6. The summed E-state index contributed by atoms with van der Waals surface area (Å²) in [6.45, 7) is 3.40. The maximum Gasteiger partial charge on any atom is 0.243 e. The lowest BCUT2D eigenvalue weighted by atomic mass is 9.97. The van der Waals surface area contributed by atoms with E-state index in [0.717, 1.165) is 5.56 Å². The minimum absolute atomic E-state index is 0.117. The van der Waals surface area contributed by atoms with Crippen LogP contribution >= 0.6 is 0 Å². The second kappa shape index (κ2) is 8.76. The van der Waals surface area contributed by atoms with Crippen LogP contribution in [0.3, 0.4) is 0 Å². The van der Waals surface area contributed by atoms with E-state index >= 15 is 0 Å². The molecule has 0 bridgehead atoms. The van der Waals surface area contributed by atoms with Crippen LogP contribution in [0.15, 0.2) is 41.3 Å². The van der Waals surface area contributed by atoms with Crippen molar-refractivity contribution in [2.45, 2.75) is 24.7 Å². The second-order valence-electron chi connectivity index (χ2n) is 7.66. The first-order chi connectivity index (χ1) is 14.9. The molecule has 2 aromatic carbocycles. The van der Waals surface area contributed by atoms with Crippen LogP contribution < -0.4 is 19.5 Å². The van der Waals surface area contributed by atoms with Gasteiger partial charge in [-0.3, -0.25) is 4.79 Å². The van der Waals surface area contributed by atoms with Gasteiger partial charge < -0.3 is 19.5 Å². The van der Waals surface area contributed by atoms with E-state index < -0.39 is 10.0 Å². The number of carbonyl (C=O) groups excluding carboxylic acids is 1. The Bertz CT molecular complexity index is 1080. The standard InChI is InChI=1S/C22H26N2O6S/c1-15-13-18(4-6-19(15)28-2)31(26,27)24-9-7-16(8-10-24)22(25)23-17-3-5-20-21(14-17)30-12-11-29-20/h3-6,13-14,16H,7-12H2,1-2H3,(H,23,25). The normalized spacial score (nSPS) is 17.2. The van der Waals surface area contributed by atoms with Gasteiger partial charge in [0.25, 0.3) is 0 Å². The second-order valence-corrected chi connectivity index (χ2v) is 9.60. The lowest BCUT2D eigenvalue weighted by Gasteiger charge is -2.30. The third-order valence-electron chi connectivity index (χ3n) is 5.64. The van der Waals surface area contributed by atoms with Crippen LogP contribution in [-0.4, -0.2) is 52.0 Å². The predicted molar refractivity (Wildman–Crippen MR) is 115 cm³/mol. The highest BCUT2D eigenvalue weighted by Gasteiger charge is 2.32. The van der Waals surface area contributed by atoms with Crippen molar-refractivity contribution in [2.75, 3.05) is 38.7 Å². The van der Waals surface area contributed by atoms with Crippen molar-refractivity contribution in [1.29, 1.82) is 0 Å². The van der Waals surface area contributed by atoms with Crippen LogP contribution in [0.5, 0.6) is 17.2 Å². The van der Waals surface area contributed by atoms with E-state index in [1.54, 1.807) is 43.5 Å². The van der Waals surface area contributed by atoms with Gasteiger partial charge in [0.05, 0.1) is 12.0 Å². The average molecular weight is 447 g/mol. The molecule has 0 unspecified atom stereocenters. The Morgan fingerprint density at radius 1 is 1.06 bits per heavy atom. The molecule has 1 N–H and O–H groups in total. The zero-order valence-corrected chi connectivity index (χ0v) is 18.4. The molecule has 0 aliphatic carbocycles. The van der Waals surface area contributed by atoms with Crippen molar-refractivity contribution in [3.05, 3.63) is 42.0 Å². The number of fused-ring (bicyclic) bond motifs is 1. The number of amides is 1. The molecule has 2 aromatic rings. The number of anilines is 1. The molecular weight excluding hydrogens is 420 g/mol. The monoisotopic (exact) mass is 446 g/mol. The van der Waals surface area contributed by atoms with Crippen LogP contribution in [0.2, 0.25) is 0 Å². The predicted octanol–water partition coefficient (Wildman–Crippen LogP) is 2.81. The number of carbonyl (C=O) groups is 1. The first kappa shape index (κ1) is 21.5. The summed E-state index contributed by atoms with van der Waals surface area (Å²) < 4.78 is 43.7. The smallest absolute Gasteiger partial charge is 0.243 e. The molecule has 166 valence electrons. The highest BCUT2D eigenvalue weighted by atomic mass is 32.2. The van der Waals surface area contributed by atoms with Crippen molar-refractivity contribution >= 4 is 21.6 Å². The van der Waals surface area contributed by atoms with Gasteiger partial charge in [-0.15, -0.1) is 0 Å². The van der Waals surface area contributed by atoms with Gasteiger partial charge in [-0.2, -0.15) is 4.31 Å². The van der Waals surface area contributed by atoms with Crippen molar-refractivity contribution in [2.24, 2.45) is 5.92 Å². The number of nitrogens with one attached hydrogen (secondary N) is 1. The van der Waals surface area contributed by atoms with E-state index in [9.17, 15) is 13.2 Å². The lowest BCUT2D eigenvalue weighted by molar-refractivity contribution is -0.120. The van der Waals surface area contributed by atoms with Gasteiger partial charge in [0.2, 0.25) is 15.9 Å². The van der Waals surface area contributed by atoms with Crippen LogP contribution in [-0.2, 0) is 14.8 Å². The number of hydrogen-bond donors (Lipinski definition) is 1. The third kappa shape index (κ3) is 4.47. The molecule has 2 heterocycles. The van der Waals surface area contributed by atoms with Gasteiger partial charge in [0, 0.05) is 30.8 Å². The van der Waals surface area contributed by atoms with Gasteiger partial charge in [0.15, 0.2) is 11.5 Å².